The van der Waals surface area contributed by atoms with Gasteiger partial charge in [0, 0.05) is 12.2 Å². The van der Waals surface area contributed by atoms with Crippen LogP contribution >= 0.6 is 47.5 Å². The molecule has 0 aliphatic carbocycles. The van der Waals surface area contributed by atoms with Crippen molar-refractivity contribution < 1.29 is 122 Å². The number of phosphoric acid groups is 2. The first-order chi connectivity index (χ1) is 39.0. The largest absolute Gasteiger partial charge is 0.472 e. The van der Waals surface area contributed by atoms with Gasteiger partial charge in [0.2, 0.25) is 0 Å². The highest BCUT2D eigenvalue weighted by atomic mass is 79.9. The Labute approximate surface area is 521 Å². The van der Waals surface area contributed by atoms with Crippen LogP contribution in [-0.4, -0.2) is 220 Å². The SMILES string of the molecule is C#CCOC(=O)C(C)(Br)CC(C)(CC(C)(C)C(=O)OCC(C)(COC(=O)C(C)(C)CC(C)(CC(C)(Br)C(=O)OCC#C)C(=O)OCCOP(=O)(O)OCC[N+](C)(C)C)C(=O)OCCN1C(=O)C=CC1=O)C(=O)OCCOP(=O)(O)OCC[N+](C)(C)C. The van der Waals surface area contributed by atoms with Crippen molar-refractivity contribution in [3.05, 3.63) is 12.2 Å². The van der Waals surface area contributed by atoms with Crippen molar-refractivity contribution in [2.75, 3.05) is 135 Å². The molecule has 86 heavy (non-hydrogen) atoms. The van der Waals surface area contributed by atoms with Crippen LogP contribution in [-0.2, 0) is 104 Å². The van der Waals surface area contributed by atoms with E-state index in [2.05, 4.69) is 43.7 Å². The number of carbonyl (C=O) groups excluding carboxylic acids is 9. The summed E-state index contributed by atoms with van der Waals surface area (Å²) in [6, 6.07) is 0. The fourth-order valence-electron chi connectivity index (χ4n) is 8.55. The Morgan fingerprint density at radius 1 is 0.477 bits per heavy atom. The lowest BCUT2D eigenvalue weighted by Gasteiger charge is -2.38. The molecule has 6 unspecified atom stereocenters. The number of esters is 7. The standard InChI is InChI=1S/C55H85Br2N3O24P2/c1-18-25-74-47(68)54(10,56)36-51(7,44(65)77-30-32-83-85(70,71)81-28-23-59(12,13)14)34-49(3,4)42(63)79-38-53(9,46(67)76-27-22-58-40(61)20-21-41(58)62)39-80-43(64)50(5,6)35-52(8,37-55(11,57)48(69)75-26-19-2)45(66)78-31-33-84-86(72,73)82-29-24-60(15,16)17/h1-2,20-21H,22-39H2,3-17H3/p+2. The van der Waals surface area contributed by atoms with Crippen LogP contribution in [0.3, 0.4) is 0 Å². The minimum atomic E-state index is -4.58. The van der Waals surface area contributed by atoms with Gasteiger partial charge in [0.25, 0.3) is 11.8 Å². The lowest BCUT2D eigenvalue weighted by Crippen LogP contribution is -2.47. The summed E-state index contributed by atoms with van der Waals surface area (Å²) < 4.78 is 81.0. The zero-order valence-corrected chi connectivity index (χ0v) is 56.9. The molecule has 0 aromatic rings. The molecule has 0 saturated carbocycles. The Kier molecular flexibility index (Phi) is 30.2. The van der Waals surface area contributed by atoms with Gasteiger partial charge in [0.05, 0.1) is 83.7 Å². The van der Waals surface area contributed by atoms with Gasteiger partial charge in [0.1, 0.15) is 73.4 Å². The van der Waals surface area contributed by atoms with E-state index in [4.69, 9.17) is 64.1 Å². The zero-order chi connectivity index (χ0) is 66.6. The molecule has 1 aliphatic heterocycles. The number of halogens is 2. The number of hydrogen-bond acceptors (Lipinski definition) is 22. The van der Waals surface area contributed by atoms with Gasteiger partial charge in [0.15, 0.2) is 13.2 Å². The van der Waals surface area contributed by atoms with E-state index in [1.54, 1.807) is 0 Å². The molecule has 27 nitrogen and oxygen atoms in total. The second kappa shape index (κ2) is 32.7. The summed E-state index contributed by atoms with van der Waals surface area (Å²) in [5.74, 6) is -4.01. The quantitative estimate of drug-likeness (QED) is 0.0124. The van der Waals surface area contributed by atoms with Crippen molar-refractivity contribution >= 4 is 101 Å². The highest BCUT2D eigenvalue weighted by Crippen LogP contribution is 2.48. The maximum atomic E-state index is 14.3. The van der Waals surface area contributed by atoms with Gasteiger partial charge in [-0.2, -0.15) is 0 Å². The number of phosphoric ester groups is 2. The Bertz CT molecular complexity index is 2490. The van der Waals surface area contributed by atoms with Crippen LogP contribution in [0.1, 0.15) is 88.0 Å². The molecule has 0 fully saturated rings. The van der Waals surface area contributed by atoms with Gasteiger partial charge in [-0.1, -0.05) is 43.7 Å². The van der Waals surface area contributed by atoms with Crippen LogP contribution in [0.2, 0.25) is 0 Å². The molecule has 31 heteroatoms. The van der Waals surface area contributed by atoms with E-state index in [0.717, 1.165) is 17.1 Å². The summed E-state index contributed by atoms with van der Waals surface area (Å²) in [5, 5.41) is 0. The Morgan fingerprint density at radius 3 is 1.12 bits per heavy atom. The minimum absolute atomic E-state index is 0.132. The first-order valence-electron chi connectivity index (χ1n) is 26.9. The number of rotatable bonds is 40. The number of alkyl halides is 2. The lowest BCUT2D eigenvalue weighted by atomic mass is 9.69. The van der Waals surface area contributed by atoms with Crippen molar-refractivity contribution in [2.45, 2.75) is 96.6 Å². The summed E-state index contributed by atoms with van der Waals surface area (Å²) in [6.45, 7) is 6.78. The number of likely N-dealkylation sites (N-methyl/N-ethyl adjacent to an activating group) is 2. The molecule has 0 saturated heterocycles. The van der Waals surface area contributed by atoms with Gasteiger partial charge < -0.3 is 51.9 Å². The molecular weight excluding hydrogens is 1310 g/mol. The van der Waals surface area contributed by atoms with Crippen molar-refractivity contribution in [2.24, 2.45) is 27.1 Å². The van der Waals surface area contributed by atoms with Crippen molar-refractivity contribution in [1.82, 2.24) is 4.90 Å². The van der Waals surface area contributed by atoms with Crippen molar-refractivity contribution in [1.29, 1.82) is 0 Å². The van der Waals surface area contributed by atoms with Gasteiger partial charge in [-0.05, 0) is 88.0 Å². The minimum Gasteiger partial charge on any atom is -0.464 e. The Balaban J connectivity index is 3.63. The third kappa shape index (κ3) is 27.8. The maximum Gasteiger partial charge on any atom is 0.472 e. The molecule has 0 bridgehead atoms. The molecule has 1 aliphatic rings. The van der Waals surface area contributed by atoms with E-state index in [9.17, 15) is 62.1 Å². The fourth-order valence-corrected chi connectivity index (χ4v) is 11.4. The molecular formula is C55H87Br2N3O24P2+2. The van der Waals surface area contributed by atoms with Gasteiger partial charge in [-0.25, -0.2) is 9.13 Å². The van der Waals surface area contributed by atoms with Crippen LogP contribution in [0, 0.1) is 51.8 Å². The number of ether oxygens (including phenoxy) is 7. The number of amides is 2. The van der Waals surface area contributed by atoms with E-state index in [1.165, 1.54) is 62.3 Å². The highest BCUT2D eigenvalue weighted by molar-refractivity contribution is 9.10. The topological polar surface area (TPSA) is 333 Å². The van der Waals surface area contributed by atoms with Crippen LogP contribution in [0.25, 0.3) is 0 Å². The number of imide groups is 1. The summed E-state index contributed by atoms with van der Waals surface area (Å²) in [4.78, 5) is 143. The number of terminal acetylenes is 2. The molecule has 0 spiro atoms. The lowest BCUT2D eigenvalue weighted by molar-refractivity contribution is -0.870. The first-order valence-corrected chi connectivity index (χ1v) is 31.5. The van der Waals surface area contributed by atoms with E-state index in [-0.39, 0.29) is 13.2 Å². The molecule has 2 N–H and O–H groups in total. The number of quaternary nitrogens is 2. The fraction of sp³-hybridized carbons (Fsp3) is 0.727. The Morgan fingerprint density at radius 2 is 0.791 bits per heavy atom. The van der Waals surface area contributed by atoms with Crippen molar-refractivity contribution in [3.8, 4) is 24.7 Å². The summed E-state index contributed by atoms with van der Waals surface area (Å²) in [5.41, 5.74) is -9.09. The van der Waals surface area contributed by atoms with Crippen LogP contribution < -0.4 is 0 Å². The number of nitrogens with zero attached hydrogens (tertiary/aromatic N) is 3. The summed E-state index contributed by atoms with van der Waals surface area (Å²) in [6.07, 6.45) is 10.9. The molecule has 0 aromatic carbocycles. The van der Waals surface area contributed by atoms with Gasteiger partial charge >= 0.3 is 57.4 Å². The van der Waals surface area contributed by atoms with Crippen LogP contribution in [0.5, 0.6) is 0 Å². The number of hydrogen-bond donors (Lipinski definition) is 2. The molecule has 1 heterocycles. The normalized spacial score (nSPS) is 17.9. The molecule has 1 rings (SSSR count). The van der Waals surface area contributed by atoms with Gasteiger partial charge in [-0.3, -0.25) is 66.1 Å². The average Bonchev–Trinajstić information content (AvgIpc) is 1.35. The first kappa shape index (κ1) is 79.4. The second-order valence-corrected chi connectivity index (χ2v) is 31.5. The molecule has 2 amide bonds. The number of carbonyl (C=O) groups is 9. The summed E-state index contributed by atoms with van der Waals surface area (Å²) in [7, 11) is 1.88. The predicted octanol–water partition coefficient (Wildman–Crippen LogP) is 4.60. The predicted molar refractivity (Wildman–Crippen MR) is 315 cm³/mol. The second-order valence-electron chi connectivity index (χ2n) is 25.1. The molecule has 6 atom stereocenters. The highest BCUT2D eigenvalue weighted by Gasteiger charge is 2.53. The van der Waals surface area contributed by atoms with Crippen LogP contribution in [0.4, 0.5) is 0 Å². The van der Waals surface area contributed by atoms with Crippen LogP contribution in [0.15, 0.2) is 12.2 Å². The van der Waals surface area contributed by atoms with Crippen molar-refractivity contribution in [3.63, 3.8) is 0 Å². The zero-order valence-electron chi connectivity index (χ0n) is 51.9. The smallest absolute Gasteiger partial charge is 0.464 e. The van der Waals surface area contributed by atoms with Gasteiger partial charge in [-0.15, -0.1) is 12.8 Å². The van der Waals surface area contributed by atoms with E-state index in [1.807, 2.05) is 42.3 Å². The molecule has 0 aromatic heterocycles. The summed E-state index contributed by atoms with van der Waals surface area (Å²) >= 11 is 6.65. The average molecular weight is 1400 g/mol. The Hall–Kier alpha value is -4.61. The van der Waals surface area contributed by atoms with E-state index >= 15 is 0 Å². The molecule has 0 radical (unpaired) electrons. The molecule has 488 valence electrons. The monoisotopic (exact) mass is 1390 g/mol. The third-order valence-corrected chi connectivity index (χ3v) is 16.0. The third-order valence-electron chi connectivity index (χ3n) is 12.8. The van der Waals surface area contributed by atoms with E-state index in [0.29, 0.717) is 22.1 Å². The maximum absolute atomic E-state index is 14.3. The van der Waals surface area contributed by atoms with E-state index < -0.39 is 197 Å².